The highest BCUT2D eigenvalue weighted by molar-refractivity contribution is 5.85. The van der Waals surface area contributed by atoms with Crippen LogP contribution in [0.15, 0.2) is 30.3 Å². The van der Waals surface area contributed by atoms with Crippen molar-refractivity contribution in [1.29, 1.82) is 0 Å². The van der Waals surface area contributed by atoms with Gasteiger partial charge in [0.1, 0.15) is 0 Å². The maximum atomic E-state index is 10.6. The molecule has 1 aromatic rings. The van der Waals surface area contributed by atoms with Crippen molar-refractivity contribution in [3.05, 3.63) is 41.5 Å². The first kappa shape index (κ1) is 15.7. The van der Waals surface area contributed by atoms with E-state index in [-0.39, 0.29) is 6.10 Å². The van der Waals surface area contributed by atoms with E-state index in [0.717, 1.165) is 31.7 Å². The predicted octanol–water partition coefficient (Wildman–Crippen LogP) is 2.78. The number of hydrogen-bond donors (Lipinski definition) is 1. The highest BCUT2D eigenvalue weighted by Gasteiger charge is 2.25. The van der Waals surface area contributed by atoms with Gasteiger partial charge in [-0.2, -0.15) is 0 Å². The van der Waals surface area contributed by atoms with Gasteiger partial charge in [-0.05, 0) is 30.5 Å². The number of aliphatic carboxylic acids is 1. The second-order valence-electron chi connectivity index (χ2n) is 5.55. The van der Waals surface area contributed by atoms with E-state index in [4.69, 9.17) is 9.84 Å². The van der Waals surface area contributed by atoms with Gasteiger partial charge in [0.2, 0.25) is 0 Å². The Bertz CT molecular complexity index is 513. The van der Waals surface area contributed by atoms with E-state index in [1.54, 1.807) is 6.08 Å². The number of carboxylic acids is 1. The Balaban J connectivity index is 2.07. The van der Waals surface area contributed by atoms with Gasteiger partial charge < -0.3 is 9.84 Å². The van der Waals surface area contributed by atoms with E-state index >= 15 is 0 Å². The van der Waals surface area contributed by atoms with Crippen LogP contribution in [0.5, 0.6) is 0 Å². The molecule has 21 heavy (non-hydrogen) atoms. The van der Waals surface area contributed by atoms with Crippen LogP contribution < -0.4 is 0 Å². The third-order valence-corrected chi connectivity index (χ3v) is 3.81. The van der Waals surface area contributed by atoms with Crippen molar-refractivity contribution in [2.45, 2.75) is 39.0 Å². The van der Waals surface area contributed by atoms with Crippen molar-refractivity contribution in [2.24, 2.45) is 0 Å². The molecule has 0 aliphatic carbocycles. The molecule has 1 N–H and O–H groups in total. The summed E-state index contributed by atoms with van der Waals surface area (Å²) in [7, 11) is 0. The molecular formula is C17H23NO3. The molecule has 1 fully saturated rings. The molecule has 0 aromatic heterocycles. The number of carboxylic acid groups (broad SMARTS) is 1. The number of nitrogens with zero attached hydrogens (tertiary/aromatic N) is 1. The minimum Gasteiger partial charge on any atom is -0.478 e. The minimum absolute atomic E-state index is 0.267. The molecule has 1 aliphatic rings. The lowest BCUT2D eigenvalue weighted by atomic mass is 10.1. The Kier molecular flexibility index (Phi) is 5.53. The number of morpholine rings is 1. The van der Waals surface area contributed by atoms with Crippen molar-refractivity contribution in [3.8, 4) is 0 Å². The Morgan fingerprint density at radius 2 is 2.33 bits per heavy atom. The van der Waals surface area contributed by atoms with E-state index in [9.17, 15) is 4.79 Å². The summed E-state index contributed by atoms with van der Waals surface area (Å²) < 4.78 is 5.72. The van der Waals surface area contributed by atoms with Crippen molar-refractivity contribution in [2.75, 3.05) is 13.2 Å². The molecule has 1 aromatic carbocycles. The van der Waals surface area contributed by atoms with Crippen LogP contribution in [0.3, 0.4) is 0 Å². The number of carbonyl (C=O) groups is 1. The predicted molar refractivity (Wildman–Crippen MR) is 83.0 cm³/mol. The zero-order valence-electron chi connectivity index (χ0n) is 12.7. The van der Waals surface area contributed by atoms with Crippen LogP contribution in [0.4, 0.5) is 0 Å². The van der Waals surface area contributed by atoms with Crippen molar-refractivity contribution >= 4 is 12.0 Å². The molecule has 2 atom stereocenters. The first-order valence-corrected chi connectivity index (χ1v) is 7.44. The van der Waals surface area contributed by atoms with Crippen LogP contribution in [-0.4, -0.2) is 41.3 Å². The lowest BCUT2D eigenvalue weighted by Gasteiger charge is -2.38. The molecule has 114 valence electrons. The largest absolute Gasteiger partial charge is 0.478 e. The summed E-state index contributed by atoms with van der Waals surface area (Å²) in [6, 6.07) is 8.49. The molecule has 0 spiro atoms. The average Bonchev–Trinajstić information content (AvgIpc) is 2.46. The fourth-order valence-corrected chi connectivity index (χ4v) is 2.68. The molecule has 0 bridgehead atoms. The molecule has 2 rings (SSSR count). The fourth-order valence-electron chi connectivity index (χ4n) is 2.68. The molecule has 0 radical (unpaired) electrons. The molecule has 1 saturated heterocycles. The summed E-state index contributed by atoms with van der Waals surface area (Å²) >= 11 is 0. The number of benzene rings is 1. The quantitative estimate of drug-likeness (QED) is 0.847. The summed E-state index contributed by atoms with van der Waals surface area (Å²) in [4.78, 5) is 13.0. The second-order valence-corrected chi connectivity index (χ2v) is 5.55. The number of rotatable bonds is 5. The maximum Gasteiger partial charge on any atom is 0.328 e. The molecule has 4 nitrogen and oxygen atoms in total. The van der Waals surface area contributed by atoms with Crippen LogP contribution >= 0.6 is 0 Å². The summed E-state index contributed by atoms with van der Waals surface area (Å²) in [5.41, 5.74) is 2.12. The molecule has 1 heterocycles. The topological polar surface area (TPSA) is 49.8 Å². The van der Waals surface area contributed by atoms with Crippen LogP contribution in [0.1, 0.15) is 31.4 Å². The van der Waals surface area contributed by atoms with Gasteiger partial charge in [0, 0.05) is 25.2 Å². The van der Waals surface area contributed by atoms with Gasteiger partial charge >= 0.3 is 5.97 Å². The van der Waals surface area contributed by atoms with Crippen molar-refractivity contribution in [3.63, 3.8) is 0 Å². The summed E-state index contributed by atoms with van der Waals surface area (Å²) in [6.45, 7) is 6.89. The standard InChI is InChI=1S/C17H23NO3/c1-3-16-12-21-13(2)10-18(16)11-15-6-4-5-14(9-15)7-8-17(19)20/h4-9,13,16H,3,10-12H2,1-2H3,(H,19,20). The molecule has 2 unspecified atom stereocenters. The van der Waals surface area contributed by atoms with E-state index in [1.807, 2.05) is 18.2 Å². The van der Waals surface area contributed by atoms with E-state index in [0.29, 0.717) is 6.04 Å². The SMILES string of the molecule is CCC1COC(C)CN1Cc1cccc(C=CC(=O)O)c1. The number of ether oxygens (including phenoxy) is 1. The monoisotopic (exact) mass is 289 g/mol. The van der Waals surface area contributed by atoms with E-state index < -0.39 is 5.97 Å². The average molecular weight is 289 g/mol. The zero-order chi connectivity index (χ0) is 15.2. The first-order valence-electron chi connectivity index (χ1n) is 7.44. The van der Waals surface area contributed by atoms with Gasteiger partial charge in [-0.1, -0.05) is 31.2 Å². The fraction of sp³-hybridized carbons (Fsp3) is 0.471. The molecule has 4 heteroatoms. The highest BCUT2D eigenvalue weighted by Crippen LogP contribution is 2.18. The van der Waals surface area contributed by atoms with Crippen molar-refractivity contribution in [1.82, 2.24) is 4.90 Å². The van der Waals surface area contributed by atoms with E-state index in [1.165, 1.54) is 11.6 Å². The first-order chi connectivity index (χ1) is 10.1. The lowest BCUT2D eigenvalue weighted by molar-refractivity contribution is -0.131. The van der Waals surface area contributed by atoms with Gasteiger partial charge in [0.25, 0.3) is 0 Å². The maximum absolute atomic E-state index is 10.6. The molecular weight excluding hydrogens is 266 g/mol. The Morgan fingerprint density at radius 3 is 3.05 bits per heavy atom. The van der Waals surface area contributed by atoms with Crippen LogP contribution in [0, 0.1) is 0 Å². The summed E-state index contributed by atoms with van der Waals surface area (Å²) in [5, 5.41) is 8.69. The third kappa shape index (κ3) is 4.69. The van der Waals surface area contributed by atoms with Gasteiger partial charge in [0.15, 0.2) is 0 Å². The normalized spacial score (nSPS) is 23.5. The highest BCUT2D eigenvalue weighted by atomic mass is 16.5. The second kappa shape index (κ2) is 7.38. The van der Waals surface area contributed by atoms with E-state index in [2.05, 4.69) is 24.8 Å². The molecule has 0 saturated carbocycles. The Hall–Kier alpha value is -1.65. The smallest absolute Gasteiger partial charge is 0.328 e. The summed E-state index contributed by atoms with van der Waals surface area (Å²) in [5.74, 6) is -0.923. The van der Waals surface area contributed by atoms with Gasteiger partial charge in [0.05, 0.1) is 12.7 Å². The molecule has 1 aliphatic heterocycles. The van der Waals surface area contributed by atoms with Gasteiger partial charge in [-0.3, -0.25) is 4.90 Å². The van der Waals surface area contributed by atoms with Crippen LogP contribution in [0.25, 0.3) is 6.08 Å². The zero-order valence-corrected chi connectivity index (χ0v) is 12.7. The lowest BCUT2D eigenvalue weighted by Crippen LogP contribution is -2.47. The Morgan fingerprint density at radius 1 is 1.52 bits per heavy atom. The van der Waals surface area contributed by atoms with Crippen LogP contribution in [0.2, 0.25) is 0 Å². The van der Waals surface area contributed by atoms with Crippen LogP contribution in [-0.2, 0) is 16.1 Å². The van der Waals surface area contributed by atoms with Gasteiger partial charge in [-0.25, -0.2) is 4.79 Å². The van der Waals surface area contributed by atoms with Crippen molar-refractivity contribution < 1.29 is 14.6 Å². The molecule has 0 amide bonds. The number of hydrogen-bond acceptors (Lipinski definition) is 3. The minimum atomic E-state index is -0.923. The van der Waals surface area contributed by atoms with Gasteiger partial charge in [-0.15, -0.1) is 0 Å². The summed E-state index contributed by atoms with van der Waals surface area (Å²) in [6.07, 6.45) is 4.14. The third-order valence-electron chi connectivity index (χ3n) is 3.81. The Labute approximate surface area is 126 Å².